The zero-order valence-electron chi connectivity index (χ0n) is 23.9. The van der Waals surface area contributed by atoms with Crippen molar-refractivity contribution in [2.75, 3.05) is 20.8 Å². The monoisotopic (exact) mass is 579 g/mol. The summed E-state index contributed by atoms with van der Waals surface area (Å²) in [7, 11) is 3.25. The maximum Gasteiger partial charge on any atom is 0.179 e. The number of halogens is 2. The van der Waals surface area contributed by atoms with Gasteiger partial charge in [0.2, 0.25) is 0 Å². The predicted octanol–water partition coefficient (Wildman–Crippen LogP) is 9.14. The van der Waals surface area contributed by atoms with Gasteiger partial charge in [-0.3, -0.25) is 4.90 Å². The molecule has 0 saturated heterocycles. The van der Waals surface area contributed by atoms with Gasteiger partial charge in [-0.25, -0.2) is 4.98 Å². The Morgan fingerprint density at radius 3 is 2.17 bits per heavy atom. The molecule has 40 heavy (non-hydrogen) atoms. The van der Waals surface area contributed by atoms with Crippen molar-refractivity contribution in [2.45, 2.75) is 59.2 Å². The summed E-state index contributed by atoms with van der Waals surface area (Å²) in [5, 5.41) is 1.30. The van der Waals surface area contributed by atoms with Crippen LogP contribution in [0.25, 0.3) is 22.6 Å². The van der Waals surface area contributed by atoms with Gasteiger partial charge in [0.15, 0.2) is 11.5 Å². The van der Waals surface area contributed by atoms with Gasteiger partial charge < -0.3 is 14.0 Å². The Kier molecular flexibility index (Phi) is 10.9. The lowest BCUT2D eigenvalue weighted by molar-refractivity contribution is 0.246. The maximum absolute atomic E-state index is 6.84. The largest absolute Gasteiger partial charge is 0.493 e. The molecule has 0 N–H and O–H groups in total. The van der Waals surface area contributed by atoms with Crippen LogP contribution in [0.4, 0.5) is 0 Å². The van der Waals surface area contributed by atoms with E-state index in [-0.39, 0.29) is 0 Å². The zero-order valence-corrected chi connectivity index (χ0v) is 25.4. The van der Waals surface area contributed by atoms with E-state index in [1.807, 2.05) is 30.3 Å². The van der Waals surface area contributed by atoms with Crippen molar-refractivity contribution in [3.8, 4) is 34.1 Å². The Morgan fingerprint density at radius 1 is 0.800 bits per heavy atom. The van der Waals surface area contributed by atoms with Gasteiger partial charge in [0.25, 0.3) is 0 Å². The van der Waals surface area contributed by atoms with E-state index in [1.54, 1.807) is 14.2 Å². The minimum absolute atomic E-state index is 0.568. The summed E-state index contributed by atoms with van der Waals surface area (Å²) in [4.78, 5) is 7.73. The third-order valence-electron chi connectivity index (χ3n) is 7.12. The van der Waals surface area contributed by atoms with Crippen molar-refractivity contribution < 1.29 is 9.47 Å². The van der Waals surface area contributed by atoms with E-state index < -0.39 is 0 Å². The van der Waals surface area contributed by atoms with Crippen LogP contribution in [0.2, 0.25) is 10.0 Å². The van der Waals surface area contributed by atoms with Crippen molar-refractivity contribution >= 4 is 23.2 Å². The summed E-state index contributed by atoms with van der Waals surface area (Å²) in [5.41, 5.74) is 5.37. The Morgan fingerprint density at radius 2 is 1.52 bits per heavy atom. The van der Waals surface area contributed by atoms with Crippen LogP contribution >= 0.6 is 23.2 Å². The minimum atomic E-state index is 0.568. The van der Waals surface area contributed by atoms with Crippen LogP contribution in [0.3, 0.4) is 0 Å². The fourth-order valence-electron chi connectivity index (χ4n) is 4.95. The normalized spacial score (nSPS) is 11.3. The van der Waals surface area contributed by atoms with E-state index in [4.69, 9.17) is 37.7 Å². The van der Waals surface area contributed by atoms with Crippen LogP contribution in [-0.4, -0.2) is 35.2 Å². The van der Waals surface area contributed by atoms with Crippen LogP contribution in [0.5, 0.6) is 11.5 Å². The van der Waals surface area contributed by atoms with E-state index in [1.165, 1.54) is 5.69 Å². The first-order valence-corrected chi connectivity index (χ1v) is 14.8. The third-order valence-corrected chi connectivity index (χ3v) is 7.78. The number of aromatic nitrogens is 2. The lowest BCUT2D eigenvalue weighted by Gasteiger charge is -2.25. The molecule has 0 unspecified atom stereocenters. The quantitative estimate of drug-likeness (QED) is 0.149. The van der Waals surface area contributed by atoms with Gasteiger partial charge in [-0.15, -0.1) is 0 Å². The molecule has 0 saturated carbocycles. The van der Waals surface area contributed by atoms with E-state index in [0.717, 1.165) is 73.5 Å². The molecule has 5 nitrogen and oxygen atoms in total. The number of hydrogen-bond acceptors (Lipinski definition) is 4. The molecular formula is C33H39Cl2N3O2. The van der Waals surface area contributed by atoms with Crippen LogP contribution in [0.15, 0.2) is 66.7 Å². The second-order valence-corrected chi connectivity index (χ2v) is 10.8. The Hall–Kier alpha value is -2.99. The van der Waals surface area contributed by atoms with Gasteiger partial charge in [-0.1, -0.05) is 98.4 Å². The molecular weight excluding hydrogens is 541 g/mol. The molecule has 4 rings (SSSR count). The second-order valence-electron chi connectivity index (χ2n) is 9.95. The highest BCUT2D eigenvalue weighted by Gasteiger charge is 2.23. The number of nitrogens with zero attached hydrogens (tertiary/aromatic N) is 3. The van der Waals surface area contributed by atoms with Crippen molar-refractivity contribution in [3.05, 3.63) is 88.0 Å². The summed E-state index contributed by atoms with van der Waals surface area (Å²) in [5.74, 6) is 2.19. The molecule has 3 aromatic carbocycles. The smallest absolute Gasteiger partial charge is 0.179 e. The molecule has 0 aliphatic heterocycles. The second kappa shape index (κ2) is 14.6. The summed E-state index contributed by atoms with van der Waals surface area (Å²) in [6.07, 6.45) is 4.35. The number of unbranched alkanes of at least 4 members (excludes halogenated alkanes) is 2. The topological polar surface area (TPSA) is 39.5 Å². The molecule has 0 amide bonds. The Bertz CT molecular complexity index is 1370. The SMILES string of the molecule is CCCCN(Cc1ccc(OC)c(OC)c1Cl)Cc1c(-c2ccc(Cl)cc2)nc(-c2ccccc2)n1CCCC. The fraction of sp³-hybridized carbons (Fsp3) is 0.364. The number of methoxy groups -OCH3 is 2. The standard InChI is InChI=1S/C33H39Cl2N3O2/c1-5-7-20-37(22-26-16-19-29(39-3)32(40-4)30(26)35)23-28-31(24-14-17-27(34)18-15-24)36-33(38(28)21-8-6-2)25-12-10-9-11-13-25/h9-19H,5-8,20-23H2,1-4H3. The number of imidazole rings is 1. The highest BCUT2D eigenvalue weighted by molar-refractivity contribution is 6.33. The highest BCUT2D eigenvalue weighted by Crippen LogP contribution is 2.38. The zero-order chi connectivity index (χ0) is 28.5. The number of rotatable bonds is 14. The van der Waals surface area contributed by atoms with Gasteiger partial charge in [0.05, 0.1) is 30.6 Å². The van der Waals surface area contributed by atoms with Crippen LogP contribution in [0.1, 0.15) is 50.8 Å². The molecule has 0 fully saturated rings. The van der Waals surface area contributed by atoms with E-state index in [9.17, 15) is 0 Å². The van der Waals surface area contributed by atoms with E-state index in [2.05, 4.69) is 59.7 Å². The third kappa shape index (κ3) is 7.01. The predicted molar refractivity (Wildman–Crippen MR) is 167 cm³/mol. The molecule has 0 radical (unpaired) electrons. The molecule has 7 heteroatoms. The van der Waals surface area contributed by atoms with Gasteiger partial charge in [-0.05, 0) is 43.1 Å². The van der Waals surface area contributed by atoms with E-state index in [0.29, 0.717) is 28.1 Å². The molecule has 1 heterocycles. The van der Waals surface area contributed by atoms with Crippen LogP contribution < -0.4 is 9.47 Å². The molecule has 0 aliphatic rings. The fourth-order valence-corrected chi connectivity index (χ4v) is 5.37. The molecule has 1 aromatic heterocycles. The van der Waals surface area contributed by atoms with Gasteiger partial charge in [0, 0.05) is 35.8 Å². The van der Waals surface area contributed by atoms with Crippen molar-refractivity contribution in [2.24, 2.45) is 0 Å². The molecule has 0 atom stereocenters. The average Bonchev–Trinajstić information content (AvgIpc) is 3.34. The number of benzene rings is 3. The number of hydrogen-bond donors (Lipinski definition) is 0. The van der Waals surface area contributed by atoms with E-state index >= 15 is 0 Å². The average molecular weight is 581 g/mol. The first-order chi connectivity index (χ1) is 19.5. The van der Waals surface area contributed by atoms with Crippen molar-refractivity contribution in [1.82, 2.24) is 14.5 Å². The summed E-state index contributed by atoms with van der Waals surface area (Å²) >= 11 is 13.1. The van der Waals surface area contributed by atoms with Crippen molar-refractivity contribution in [3.63, 3.8) is 0 Å². The Labute approximate surface area is 248 Å². The molecule has 0 bridgehead atoms. The highest BCUT2D eigenvalue weighted by atomic mass is 35.5. The summed E-state index contributed by atoms with van der Waals surface area (Å²) in [6.45, 7) is 7.69. The lowest BCUT2D eigenvalue weighted by atomic mass is 10.1. The summed E-state index contributed by atoms with van der Waals surface area (Å²) < 4.78 is 13.5. The molecule has 212 valence electrons. The number of ether oxygens (including phenoxy) is 2. The first kappa shape index (κ1) is 30.0. The van der Waals surface area contributed by atoms with Gasteiger partial charge in [-0.2, -0.15) is 0 Å². The molecule has 0 aliphatic carbocycles. The maximum atomic E-state index is 6.84. The Balaban J connectivity index is 1.82. The summed E-state index contributed by atoms with van der Waals surface area (Å²) in [6, 6.07) is 22.4. The minimum Gasteiger partial charge on any atom is -0.493 e. The van der Waals surface area contributed by atoms with Crippen molar-refractivity contribution in [1.29, 1.82) is 0 Å². The van der Waals surface area contributed by atoms with Crippen LogP contribution in [0, 0.1) is 0 Å². The first-order valence-electron chi connectivity index (χ1n) is 14.0. The van der Waals surface area contributed by atoms with Crippen LogP contribution in [-0.2, 0) is 19.6 Å². The molecule has 0 spiro atoms. The van der Waals surface area contributed by atoms with Gasteiger partial charge in [0.1, 0.15) is 5.82 Å². The lowest BCUT2D eigenvalue weighted by Crippen LogP contribution is -2.26. The molecule has 4 aromatic rings. The van der Waals surface area contributed by atoms with Gasteiger partial charge >= 0.3 is 0 Å².